The van der Waals surface area contributed by atoms with Crippen molar-refractivity contribution < 1.29 is 4.79 Å². The third-order valence-electron chi connectivity index (χ3n) is 2.61. The molecule has 0 radical (unpaired) electrons. The summed E-state index contributed by atoms with van der Waals surface area (Å²) < 4.78 is 0. The fraction of sp³-hybridized carbons (Fsp3) is 0.500. The molecule has 0 unspecified atom stereocenters. The second-order valence-corrected chi connectivity index (χ2v) is 3.91. The summed E-state index contributed by atoms with van der Waals surface area (Å²) in [5.74, 6) is -0.141. The molecule has 5 nitrogen and oxygen atoms in total. The van der Waals surface area contributed by atoms with Gasteiger partial charge in [0.05, 0.1) is 0 Å². The largest absolute Gasteiger partial charge is 0.349 e. The number of hydrogen-bond acceptors (Lipinski definition) is 4. The molecule has 1 amide bonds. The summed E-state index contributed by atoms with van der Waals surface area (Å²) in [4.78, 5) is 17.9. The molecule has 0 saturated carbocycles. The Bertz CT molecular complexity index is 350. The molecule has 0 aliphatic rings. The maximum absolute atomic E-state index is 11.7. The SMILES string of the molecule is CCN(C)CCNC(=O)c1ccc(CN)cn1. The van der Waals surface area contributed by atoms with Gasteiger partial charge in [0.15, 0.2) is 0 Å². The third-order valence-corrected chi connectivity index (χ3v) is 2.61. The molecule has 0 bridgehead atoms. The van der Waals surface area contributed by atoms with Crippen LogP contribution in [0.3, 0.4) is 0 Å². The number of nitrogens with two attached hydrogens (primary N) is 1. The molecule has 0 aliphatic heterocycles. The van der Waals surface area contributed by atoms with Gasteiger partial charge in [0.1, 0.15) is 5.69 Å². The standard InChI is InChI=1S/C12H20N4O/c1-3-16(2)7-6-14-12(17)11-5-4-10(8-13)9-15-11/h4-5,9H,3,6-8,13H2,1-2H3,(H,14,17). The van der Waals surface area contributed by atoms with Crippen LogP contribution in [0.2, 0.25) is 0 Å². The monoisotopic (exact) mass is 236 g/mol. The summed E-state index contributed by atoms with van der Waals surface area (Å²) in [6, 6.07) is 3.52. The summed E-state index contributed by atoms with van der Waals surface area (Å²) in [5, 5.41) is 2.83. The Kier molecular flexibility index (Phi) is 5.59. The van der Waals surface area contributed by atoms with E-state index in [-0.39, 0.29) is 5.91 Å². The lowest BCUT2D eigenvalue weighted by molar-refractivity contribution is 0.0945. The van der Waals surface area contributed by atoms with Crippen molar-refractivity contribution in [3.05, 3.63) is 29.6 Å². The molecule has 0 fully saturated rings. The van der Waals surface area contributed by atoms with Gasteiger partial charge in [-0.1, -0.05) is 13.0 Å². The smallest absolute Gasteiger partial charge is 0.269 e. The number of nitrogens with one attached hydrogen (secondary N) is 1. The summed E-state index contributed by atoms with van der Waals surface area (Å²) >= 11 is 0. The summed E-state index contributed by atoms with van der Waals surface area (Å²) in [6.45, 7) is 4.96. The molecule has 0 aliphatic carbocycles. The maximum Gasteiger partial charge on any atom is 0.269 e. The van der Waals surface area contributed by atoms with E-state index >= 15 is 0 Å². The topological polar surface area (TPSA) is 71.2 Å². The summed E-state index contributed by atoms with van der Waals surface area (Å²) in [6.07, 6.45) is 1.63. The minimum absolute atomic E-state index is 0.141. The molecule has 3 N–H and O–H groups in total. The first kappa shape index (κ1) is 13.6. The van der Waals surface area contributed by atoms with E-state index in [0.717, 1.165) is 18.7 Å². The second-order valence-electron chi connectivity index (χ2n) is 3.91. The highest BCUT2D eigenvalue weighted by Crippen LogP contribution is 1.99. The van der Waals surface area contributed by atoms with Gasteiger partial charge in [-0.3, -0.25) is 9.78 Å². The number of carbonyl (C=O) groups is 1. The van der Waals surface area contributed by atoms with Crippen molar-refractivity contribution in [2.75, 3.05) is 26.7 Å². The van der Waals surface area contributed by atoms with Gasteiger partial charge in [-0.2, -0.15) is 0 Å². The predicted molar refractivity (Wildman–Crippen MR) is 67.6 cm³/mol. The zero-order chi connectivity index (χ0) is 12.7. The molecule has 17 heavy (non-hydrogen) atoms. The molecule has 0 saturated heterocycles. The van der Waals surface area contributed by atoms with E-state index in [1.807, 2.05) is 13.1 Å². The first-order valence-corrected chi connectivity index (χ1v) is 5.79. The molecular weight excluding hydrogens is 216 g/mol. The van der Waals surface area contributed by atoms with Crippen molar-refractivity contribution in [2.24, 2.45) is 5.73 Å². The quantitative estimate of drug-likeness (QED) is 0.741. The molecular formula is C12H20N4O. The van der Waals surface area contributed by atoms with Crippen molar-refractivity contribution in [3.63, 3.8) is 0 Å². The lowest BCUT2D eigenvalue weighted by Crippen LogP contribution is -2.33. The van der Waals surface area contributed by atoms with Crippen molar-refractivity contribution in [3.8, 4) is 0 Å². The zero-order valence-electron chi connectivity index (χ0n) is 10.4. The maximum atomic E-state index is 11.7. The molecule has 1 aromatic heterocycles. The highest BCUT2D eigenvalue weighted by Gasteiger charge is 2.06. The molecule has 0 atom stereocenters. The number of carbonyl (C=O) groups excluding carboxylic acids is 1. The fourth-order valence-corrected chi connectivity index (χ4v) is 1.29. The number of amides is 1. The van der Waals surface area contributed by atoms with Crippen LogP contribution in [0.15, 0.2) is 18.3 Å². The van der Waals surface area contributed by atoms with E-state index in [1.165, 1.54) is 0 Å². The number of rotatable bonds is 6. The minimum atomic E-state index is -0.141. The molecule has 1 heterocycles. The third kappa shape index (κ3) is 4.50. The van der Waals surface area contributed by atoms with Crippen LogP contribution in [0, 0.1) is 0 Å². The van der Waals surface area contributed by atoms with Crippen LogP contribution in [0.4, 0.5) is 0 Å². The molecule has 5 heteroatoms. The van der Waals surface area contributed by atoms with E-state index in [0.29, 0.717) is 18.8 Å². The van der Waals surface area contributed by atoms with Gasteiger partial charge < -0.3 is 16.0 Å². The Balaban J connectivity index is 2.41. The van der Waals surface area contributed by atoms with Crippen molar-refractivity contribution in [1.82, 2.24) is 15.2 Å². The number of nitrogens with zero attached hydrogens (tertiary/aromatic N) is 2. The van der Waals surface area contributed by atoms with Gasteiger partial charge in [-0.15, -0.1) is 0 Å². The molecule has 0 aromatic carbocycles. The van der Waals surface area contributed by atoms with Gasteiger partial charge >= 0.3 is 0 Å². The van der Waals surface area contributed by atoms with Gasteiger partial charge in [0.2, 0.25) is 0 Å². The normalized spacial score (nSPS) is 10.6. The predicted octanol–water partition coefficient (Wildman–Crippen LogP) is 0.222. The first-order valence-electron chi connectivity index (χ1n) is 5.79. The Morgan fingerprint density at radius 2 is 2.29 bits per heavy atom. The molecule has 0 spiro atoms. The molecule has 1 aromatic rings. The Labute approximate surface area is 102 Å². The first-order chi connectivity index (χ1) is 8.17. The number of pyridine rings is 1. The summed E-state index contributed by atoms with van der Waals surface area (Å²) in [5.41, 5.74) is 6.81. The van der Waals surface area contributed by atoms with Gasteiger partial charge in [0.25, 0.3) is 5.91 Å². The van der Waals surface area contributed by atoms with Crippen LogP contribution in [0.1, 0.15) is 23.0 Å². The van der Waals surface area contributed by atoms with E-state index in [9.17, 15) is 4.79 Å². The van der Waals surface area contributed by atoms with Gasteiger partial charge in [0, 0.05) is 25.8 Å². The average molecular weight is 236 g/mol. The van der Waals surface area contributed by atoms with Crippen LogP contribution in [0.25, 0.3) is 0 Å². The molecule has 94 valence electrons. The highest BCUT2D eigenvalue weighted by molar-refractivity contribution is 5.92. The Morgan fingerprint density at radius 1 is 1.53 bits per heavy atom. The molecule has 1 rings (SSSR count). The van der Waals surface area contributed by atoms with Crippen molar-refractivity contribution >= 4 is 5.91 Å². The zero-order valence-corrected chi connectivity index (χ0v) is 10.4. The van der Waals surface area contributed by atoms with Crippen LogP contribution in [-0.4, -0.2) is 42.5 Å². The van der Waals surface area contributed by atoms with Crippen molar-refractivity contribution in [1.29, 1.82) is 0 Å². The second kappa shape index (κ2) is 6.98. The minimum Gasteiger partial charge on any atom is -0.349 e. The lowest BCUT2D eigenvalue weighted by atomic mass is 10.2. The van der Waals surface area contributed by atoms with Crippen LogP contribution < -0.4 is 11.1 Å². The van der Waals surface area contributed by atoms with E-state index in [4.69, 9.17) is 5.73 Å². The van der Waals surface area contributed by atoms with Crippen LogP contribution >= 0.6 is 0 Å². The Hall–Kier alpha value is -1.46. The van der Waals surface area contributed by atoms with Gasteiger partial charge in [-0.25, -0.2) is 0 Å². The van der Waals surface area contributed by atoms with Crippen LogP contribution in [-0.2, 0) is 6.54 Å². The highest BCUT2D eigenvalue weighted by atomic mass is 16.1. The van der Waals surface area contributed by atoms with Crippen LogP contribution in [0.5, 0.6) is 0 Å². The van der Waals surface area contributed by atoms with E-state index in [1.54, 1.807) is 12.3 Å². The summed E-state index contributed by atoms with van der Waals surface area (Å²) in [7, 11) is 2.01. The number of hydrogen-bond donors (Lipinski definition) is 2. The van der Waals surface area contributed by atoms with Gasteiger partial charge in [-0.05, 0) is 25.2 Å². The van der Waals surface area contributed by atoms with E-state index < -0.39 is 0 Å². The fourth-order valence-electron chi connectivity index (χ4n) is 1.29. The van der Waals surface area contributed by atoms with Crippen molar-refractivity contribution in [2.45, 2.75) is 13.5 Å². The lowest BCUT2D eigenvalue weighted by Gasteiger charge is -2.13. The number of aromatic nitrogens is 1. The number of likely N-dealkylation sites (N-methyl/N-ethyl adjacent to an activating group) is 1. The van der Waals surface area contributed by atoms with E-state index in [2.05, 4.69) is 22.1 Å². The Morgan fingerprint density at radius 3 is 2.82 bits per heavy atom. The average Bonchev–Trinajstić information content (AvgIpc) is 2.38.